The smallest absolute Gasteiger partial charge is 0.407 e. The molecule has 0 saturated heterocycles. The Morgan fingerprint density at radius 1 is 1.24 bits per heavy atom. The van der Waals surface area contributed by atoms with Crippen LogP contribution in [0.2, 0.25) is 0 Å². The van der Waals surface area contributed by atoms with Gasteiger partial charge in [-0.2, -0.15) is 0 Å². The third kappa shape index (κ3) is 3.10. The van der Waals surface area contributed by atoms with Crippen LogP contribution >= 0.6 is 0 Å². The third-order valence-electron chi connectivity index (χ3n) is 5.91. The van der Waals surface area contributed by atoms with Crippen molar-refractivity contribution >= 4 is 12.0 Å². The zero-order valence-corrected chi connectivity index (χ0v) is 14.6. The molecular formula is C19H25N3O3. The van der Waals surface area contributed by atoms with Crippen LogP contribution in [0.4, 0.5) is 4.79 Å². The van der Waals surface area contributed by atoms with E-state index in [1.807, 2.05) is 13.0 Å². The van der Waals surface area contributed by atoms with Gasteiger partial charge in [-0.05, 0) is 63.0 Å². The van der Waals surface area contributed by atoms with Crippen molar-refractivity contribution < 1.29 is 14.3 Å². The lowest BCUT2D eigenvalue weighted by atomic mass is 9.51. The van der Waals surface area contributed by atoms with E-state index in [4.69, 9.17) is 4.74 Å². The Morgan fingerprint density at radius 3 is 2.64 bits per heavy atom. The summed E-state index contributed by atoms with van der Waals surface area (Å²) in [7, 11) is 0. The monoisotopic (exact) mass is 343 g/mol. The fourth-order valence-corrected chi connectivity index (χ4v) is 5.62. The lowest BCUT2D eigenvalue weighted by Gasteiger charge is -2.61. The predicted octanol–water partition coefficient (Wildman–Crippen LogP) is 2.65. The van der Waals surface area contributed by atoms with Crippen LogP contribution in [0.1, 0.15) is 55.9 Å². The first-order valence-corrected chi connectivity index (χ1v) is 9.22. The Morgan fingerprint density at radius 2 is 2.00 bits per heavy atom. The van der Waals surface area contributed by atoms with Crippen LogP contribution < -0.4 is 10.6 Å². The molecule has 25 heavy (non-hydrogen) atoms. The van der Waals surface area contributed by atoms with Crippen molar-refractivity contribution in [3.8, 4) is 0 Å². The second kappa shape index (κ2) is 6.00. The van der Waals surface area contributed by atoms with E-state index in [0.717, 1.165) is 25.7 Å². The maximum Gasteiger partial charge on any atom is 0.407 e. The first-order chi connectivity index (χ1) is 12.0. The molecule has 4 aliphatic carbocycles. The summed E-state index contributed by atoms with van der Waals surface area (Å²) >= 11 is 0. The zero-order chi connectivity index (χ0) is 17.5. The minimum absolute atomic E-state index is 0.129. The molecule has 0 aromatic carbocycles. The fraction of sp³-hybridized carbons (Fsp3) is 0.632. The van der Waals surface area contributed by atoms with Crippen LogP contribution in [-0.2, 0) is 4.74 Å². The molecule has 0 aliphatic heterocycles. The molecule has 134 valence electrons. The van der Waals surface area contributed by atoms with Crippen LogP contribution in [0.15, 0.2) is 24.4 Å². The van der Waals surface area contributed by atoms with Gasteiger partial charge >= 0.3 is 6.09 Å². The first-order valence-electron chi connectivity index (χ1n) is 9.22. The topological polar surface area (TPSA) is 80.3 Å². The van der Waals surface area contributed by atoms with Gasteiger partial charge in [-0.25, -0.2) is 4.79 Å². The van der Waals surface area contributed by atoms with E-state index in [1.165, 1.54) is 6.42 Å². The molecule has 1 aromatic heterocycles. The van der Waals surface area contributed by atoms with Gasteiger partial charge in [-0.3, -0.25) is 9.78 Å². The minimum atomic E-state index is -0.430. The number of carbonyl (C=O) groups excluding carboxylic acids is 2. The molecule has 4 fully saturated rings. The molecule has 0 radical (unpaired) electrons. The molecule has 0 spiro atoms. The number of rotatable bonds is 4. The fourth-order valence-electron chi connectivity index (χ4n) is 5.62. The summed E-state index contributed by atoms with van der Waals surface area (Å²) in [5.74, 6) is 0.898. The predicted molar refractivity (Wildman–Crippen MR) is 92.0 cm³/mol. The van der Waals surface area contributed by atoms with Crippen LogP contribution in [0, 0.1) is 11.8 Å². The molecule has 4 aliphatic rings. The number of amides is 2. The maximum atomic E-state index is 12.7. The van der Waals surface area contributed by atoms with Crippen molar-refractivity contribution in [2.24, 2.45) is 11.8 Å². The van der Waals surface area contributed by atoms with Gasteiger partial charge in [0.1, 0.15) is 11.3 Å². The molecule has 6 nitrogen and oxygen atoms in total. The quantitative estimate of drug-likeness (QED) is 0.881. The van der Waals surface area contributed by atoms with E-state index >= 15 is 0 Å². The standard InChI is InChI=1S/C19H25N3O3/c1-2-20-17(24)25-19-10-13-7-14(11-19)9-18(8-13,12-19)22-16(23)15-5-3-4-6-21-15/h3-6,13-14H,2,7-12H2,1H3,(H,20,24)(H,22,23). The molecule has 2 atom stereocenters. The summed E-state index contributed by atoms with van der Waals surface area (Å²) in [6.45, 7) is 2.44. The molecule has 2 unspecified atom stereocenters. The Kier molecular flexibility index (Phi) is 3.93. The highest BCUT2D eigenvalue weighted by Crippen LogP contribution is 2.58. The molecule has 2 N–H and O–H groups in total. The normalized spacial score (nSPS) is 35.2. The van der Waals surface area contributed by atoms with Gasteiger partial charge < -0.3 is 15.4 Å². The molecule has 4 saturated carbocycles. The van der Waals surface area contributed by atoms with E-state index in [1.54, 1.807) is 18.3 Å². The van der Waals surface area contributed by atoms with Gasteiger partial charge in [0, 0.05) is 24.7 Å². The Bertz CT molecular complexity index is 662. The number of hydrogen-bond acceptors (Lipinski definition) is 4. The number of alkyl carbamates (subject to hydrolysis) is 1. The molecule has 1 heterocycles. The molecule has 2 amide bonds. The highest BCUT2D eigenvalue weighted by atomic mass is 16.6. The SMILES string of the molecule is CCNC(=O)OC12CC3CC(CC(NC(=O)c4ccccn4)(C3)C1)C2. The molecule has 1 aromatic rings. The van der Waals surface area contributed by atoms with E-state index in [9.17, 15) is 9.59 Å². The molecule has 6 heteroatoms. The number of ether oxygens (including phenoxy) is 1. The summed E-state index contributed by atoms with van der Waals surface area (Å²) in [4.78, 5) is 28.9. The Labute approximate surface area is 147 Å². The van der Waals surface area contributed by atoms with Gasteiger partial charge in [0.25, 0.3) is 5.91 Å². The summed E-state index contributed by atoms with van der Waals surface area (Å²) in [6, 6.07) is 5.36. The van der Waals surface area contributed by atoms with Crippen molar-refractivity contribution in [3.63, 3.8) is 0 Å². The van der Waals surface area contributed by atoms with Gasteiger partial charge in [0.05, 0.1) is 0 Å². The van der Waals surface area contributed by atoms with Crippen LogP contribution in [-0.4, -0.2) is 34.7 Å². The molecule has 5 rings (SSSR count). The lowest BCUT2D eigenvalue weighted by molar-refractivity contribution is -0.141. The number of aromatic nitrogens is 1. The van der Waals surface area contributed by atoms with Gasteiger partial charge in [-0.1, -0.05) is 6.07 Å². The third-order valence-corrected chi connectivity index (χ3v) is 5.91. The number of nitrogens with one attached hydrogen (secondary N) is 2. The van der Waals surface area contributed by atoms with Gasteiger partial charge in [-0.15, -0.1) is 0 Å². The van der Waals surface area contributed by atoms with Gasteiger partial charge in [0.2, 0.25) is 0 Å². The Balaban J connectivity index is 1.54. The molecular weight excluding hydrogens is 318 g/mol. The maximum absolute atomic E-state index is 12.7. The summed E-state index contributed by atoms with van der Waals surface area (Å²) < 4.78 is 5.89. The second-order valence-electron chi connectivity index (χ2n) is 8.01. The number of hydrogen-bond donors (Lipinski definition) is 2. The molecule has 4 bridgehead atoms. The highest BCUT2D eigenvalue weighted by molar-refractivity contribution is 5.92. The van der Waals surface area contributed by atoms with Crippen LogP contribution in [0.5, 0.6) is 0 Å². The summed E-state index contributed by atoms with van der Waals surface area (Å²) in [6.07, 6.45) is 6.98. The van der Waals surface area contributed by atoms with Crippen molar-refractivity contribution in [2.45, 2.75) is 56.6 Å². The van der Waals surface area contributed by atoms with E-state index < -0.39 is 5.60 Å². The average Bonchev–Trinajstić information content (AvgIpc) is 2.53. The van der Waals surface area contributed by atoms with Crippen molar-refractivity contribution in [3.05, 3.63) is 30.1 Å². The summed E-state index contributed by atoms with van der Waals surface area (Å²) in [5.41, 5.74) is -0.261. The summed E-state index contributed by atoms with van der Waals surface area (Å²) in [5, 5.41) is 6.00. The van der Waals surface area contributed by atoms with E-state index in [2.05, 4.69) is 15.6 Å². The lowest BCUT2D eigenvalue weighted by Crippen LogP contribution is -2.66. The van der Waals surface area contributed by atoms with E-state index in [-0.39, 0.29) is 17.5 Å². The van der Waals surface area contributed by atoms with Crippen molar-refractivity contribution in [2.75, 3.05) is 6.54 Å². The van der Waals surface area contributed by atoms with Crippen molar-refractivity contribution in [1.82, 2.24) is 15.6 Å². The number of carbonyl (C=O) groups is 2. The minimum Gasteiger partial charge on any atom is -0.443 e. The van der Waals surface area contributed by atoms with Crippen LogP contribution in [0.3, 0.4) is 0 Å². The van der Waals surface area contributed by atoms with Crippen LogP contribution in [0.25, 0.3) is 0 Å². The number of nitrogens with zero attached hydrogens (tertiary/aromatic N) is 1. The van der Waals surface area contributed by atoms with Gasteiger partial charge in [0.15, 0.2) is 0 Å². The second-order valence-corrected chi connectivity index (χ2v) is 8.01. The first kappa shape index (κ1) is 16.4. The van der Waals surface area contributed by atoms with E-state index in [0.29, 0.717) is 30.5 Å². The Hall–Kier alpha value is -2.11. The van der Waals surface area contributed by atoms with Crippen molar-refractivity contribution in [1.29, 1.82) is 0 Å². The zero-order valence-electron chi connectivity index (χ0n) is 14.6. The highest BCUT2D eigenvalue weighted by Gasteiger charge is 2.60. The number of pyridine rings is 1. The average molecular weight is 343 g/mol. The largest absolute Gasteiger partial charge is 0.443 e.